The molecule has 0 aliphatic rings. The van der Waals surface area contributed by atoms with E-state index in [9.17, 15) is 9.59 Å². The number of hydrogen-bond donors (Lipinski definition) is 0. The van der Waals surface area contributed by atoms with Gasteiger partial charge in [-0.3, -0.25) is 9.59 Å². The van der Waals surface area contributed by atoms with Crippen molar-refractivity contribution < 1.29 is 9.59 Å². The van der Waals surface area contributed by atoms with Crippen LogP contribution < -0.4 is 0 Å². The van der Waals surface area contributed by atoms with Crippen LogP contribution in [0.4, 0.5) is 0 Å². The Labute approximate surface area is 141 Å². The van der Waals surface area contributed by atoms with Crippen LogP contribution in [0.2, 0.25) is 10.6 Å². The predicted octanol–water partition coefficient (Wildman–Crippen LogP) is 3.46. The van der Waals surface area contributed by atoms with E-state index in [1.807, 2.05) is 0 Å². The molecule has 0 N–H and O–H groups in total. The van der Waals surface area contributed by atoms with Crippen LogP contribution >= 0.6 is 34.8 Å². The molecule has 22 heavy (non-hydrogen) atoms. The first-order valence-electron chi connectivity index (χ1n) is 5.91. The van der Waals surface area contributed by atoms with E-state index in [0.717, 1.165) is 0 Å². The maximum Gasteiger partial charge on any atom is 0.255 e. The molecule has 0 saturated heterocycles. The third-order valence-corrected chi connectivity index (χ3v) is 3.06. The number of ketones is 1. The van der Waals surface area contributed by atoms with Crippen LogP contribution in [0.3, 0.4) is 0 Å². The van der Waals surface area contributed by atoms with Gasteiger partial charge in [-0.1, -0.05) is 0 Å². The molecule has 6 nitrogen and oxygen atoms in total. The molecular formula is C13H11Cl3N4O2. The number of nitrogens with zero attached hydrogens (tertiary/aromatic N) is 4. The highest BCUT2D eigenvalue weighted by atomic mass is 35.5. The van der Waals surface area contributed by atoms with E-state index in [1.165, 1.54) is 19.3 Å². The summed E-state index contributed by atoms with van der Waals surface area (Å²) in [6.45, 7) is 4.84. The molecule has 0 bridgehead atoms. The van der Waals surface area contributed by atoms with Crippen LogP contribution in [0.15, 0.2) is 12.4 Å². The highest BCUT2D eigenvalue weighted by Gasteiger charge is 2.07. The fraction of sp³-hybridized carbons (Fsp3) is 0.231. The van der Waals surface area contributed by atoms with Gasteiger partial charge >= 0.3 is 0 Å². The van der Waals surface area contributed by atoms with Gasteiger partial charge in [-0.05, 0) is 55.6 Å². The molecule has 0 fully saturated rings. The second-order valence-electron chi connectivity index (χ2n) is 4.11. The lowest BCUT2D eigenvalue weighted by Gasteiger charge is -1.98. The lowest BCUT2D eigenvalue weighted by molar-refractivity contribution is 0.101. The van der Waals surface area contributed by atoms with Gasteiger partial charge < -0.3 is 0 Å². The number of aryl methyl sites for hydroxylation is 2. The topological polar surface area (TPSA) is 85.7 Å². The number of carbonyl (C=O) groups is 2. The Balaban J connectivity index is 0.000000220. The Morgan fingerprint density at radius 2 is 1.32 bits per heavy atom. The first-order valence-corrected chi connectivity index (χ1v) is 7.04. The van der Waals surface area contributed by atoms with Gasteiger partial charge in [0.25, 0.3) is 5.24 Å². The molecule has 2 heterocycles. The molecule has 2 rings (SSSR count). The monoisotopic (exact) mass is 360 g/mol. The summed E-state index contributed by atoms with van der Waals surface area (Å²) in [5.41, 5.74) is 1.92. The highest BCUT2D eigenvalue weighted by Crippen LogP contribution is 2.09. The van der Waals surface area contributed by atoms with Crippen LogP contribution in [0.1, 0.15) is 39.0 Å². The van der Waals surface area contributed by atoms with Crippen LogP contribution in [-0.2, 0) is 0 Å². The standard InChI is InChI=1S/C7H7ClN2O.C6H4Cl2N2O/c1-4-6(5(2)11)3-9-7(8)10-4;1-3-4(5(7)11)2-9-6(8)10-3/h3H,1-2H3;2H,1H3. The van der Waals surface area contributed by atoms with Gasteiger partial charge in [0.05, 0.1) is 22.5 Å². The molecule has 0 unspecified atom stereocenters. The Kier molecular flexibility index (Phi) is 6.80. The zero-order valence-electron chi connectivity index (χ0n) is 11.9. The van der Waals surface area contributed by atoms with Crippen LogP contribution in [0.25, 0.3) is 0 Å². The van der Waals surface area contributed by atoms with Crippen molar-refractivity contribution in [3.63, 3.8) is 0 Å². The minimum Gasteiger partial charge on any atom is -0.294 e. The third-order valence-electron chi connectivity index (χ3n) is 2.49. The molecule has 9 heteroatoms. The summed E-state index contributed by atoms with van der Waals surface area (Å²) in [4.78, 5) is 36.4. The van der Waals surface area contributed by atoms with Crippen LogP contribution in [0.5, 0.6) is 0 Å². The summed E-state index contributed by atoms with van der Waals surface area (Å²) >= 11 is 16.1. The number of rotatable bonds is 2. The smallest absolute Gasteiger partial charge is 0.255 e. The van der Waals surface area contributed by atoms with Gasteiger partial charge in [-0.2, -0.15) is 0 Å². The van der Waals surface area contributed by atoms with E-state index < -0.39 is 5.24 Å². The maximum absolute atomic E-state index is 10.9. The molecule has 0 amide bonds. The Morgan fingerprint density at radius 1 is 0.909 bits per heavy atom. The molecule has 0 spiro atoms. The van der Waals surface area contributed by atoms with Gasteiger partial charge in [0.1, 0.15) is 0 Å². The second-order valence-corrected chi connectivity index (χ2v) is 5.13. The fourth-order valence-electron chi connectivity index (χ4n) is 1.42. The summed E-state index contributed by atoms with van der Waals surface area (Å²) in [7, 11) is 0. The summed E-state index contributed by atoms with van der Waals surface area (Å²) in [5, 5.41) is -0.282. The van der Waals surface area contributed by atoms with E-state index in [4.69, 9.17) is 34.8 Å². The van der Waals surface area contributed by atoms with Crippen molar-refractivity contribution in [3.05, 3.63) is 45.5 Å². The minimum absolute atomic E-state index is 0.0424. The van der Waals surface area contributed by atoms with Gasteiger partial charge in [0.2, 0.25) is 10.6 Å². The molecular weight excluding hydrogens is 351 g/mol. The average molecular weight is 362 g/mol. The number of Topliss-reactive ketones (excluding diaryl/α,β-unsaturated/α-hetero) is 1. The second kappa shape index (κ2) is 8.12. The predicted molar refractivity (Wildman–Crippen MR) is 83.7 cm³/mol. The highest BCUT2D eigenvalue weighted by molar-refractivity contribution is 6.67. The summed E-state index contributed by atoms with van der Waals surface area (Å²) in [6.07, 6.45) is 2.74. The van der Waals surface area contributed by atoms with Crippen molar-refractivity contribution in [1.82, 2.24) is 19.9 Å². The lowest BCUT2D eigenvalue weighted by atomic mass is 10.2. The van der Waals surface area contributed by atoms with Crippen molar-refractivity contribution in [2.75, 3.05) is 0 Å². The van der Waals surface area contributed by atoms with Crippen LogP contribution in [-0.4, -0.2) is 31.0 Å². The number of carbonyl (C=O) groups excluding carboxylic acids is 2. The van der Waals surface area contributed by atoms with Crippen molar-refractivity contribution in [2.45, 2.75) is 20.8 Å². The van der Waals surface area contributed by atoms with Crippen LogP contribution in [0, 0.1) is 13.8 Å². The van der Waals surface area contributed by atoms with Gasteiger partial charge in [0, 0.05) is 12.4 Å². The van der Waals surface area contributed by atoms with Crippen molar-refractivity contribution >= 4 is 45.8 Å². The van der Waals surface area contributed by atoms with E-state index in [0.29, 0.717) is 17.0 Å². The van der Waals surface area contributed by atoms with Crippen molar-refractivity contribution in [1.29, 1.82) is 0 Å². The van der Waals surface area contributed by atoms with Crippen molar-refractivity contribution in [2.24, 2.45) is 0 Å². The van der Waals surface area contributed by atoms with Gasteiger partial charge in [-0.15, -0.1) is 0 Å². The normalized spacial score (nSPS) is 9.73. The summed E-state index contributed by atoms with van der Waals surface area (Å²) in [5.74, 6) is -0.0424. The molecule has 0 saturated carbocycles. The first-order chi connectivity index (χ1) is 10.2. The SMILES string of the molecule is CC(=O)c1cnc(Cl)nc1C.Cc1nc(Cl)ncc1C(=O)Cl. The molecule has 2 aromatic rings. The number of aromatic nitrogens is 4. The number of hydrogen-bond acceptors (Lipinski definition) is 6. The molecule has 0 atom stereocenters. The molecule has 2 aromatic heterocycles. The van der Waals surface area contributed by atoms with E-state index in [-0.39, 0.29) is 21.9 Å². The first kappa shape index (κ1) is 18.4. The Hall–Kier alpha value is -1.63. The molecule has 0 aromatic carbocycles. The maximum atomic E-state index is 10.9. The molecule has 116 valence electrons. The molecule has 0 aliphatic heterocycles. The number of halogens is 3. The third kappa shape index (κ3) is 5.29. The van der Waals surface area contributed by atoms with E-state index in [2.05, 4.69) is 19.9 Å². The summed E-state index contributed by atoms with van der Waals surface area (Å²) in [6, 6.07) is 0. The van der Waals surface area contributed by atoms with Crippen molar-refractivity contribution in [3.8, 4) is 0 Å². The largest absolute Gasteiger partial charge is 0.294 e. The quantitative estimate of drug-likeness (QED) is 0.462. The minimum atomic E-state index is -0.570. The zero-order valence-corrected chi connectivity index (χ0v) is 14.2. The van der Waals surface area contributed by atoms with E-state index >= 15 is 0 Å². The molecule has 0 aliphatic carbocycles. The lowest BCUT2D eigenvalue weighted by Crippen LogP contribution is -1.99. The average Bonchev–Trinajstić information content (AvgIpc) is 2.38. The molecule has 0 radical (unpaired) electrons. The van der Waals surface area contributed by atoms with Gasteiger partial charge in [-0.25, -0.2) is 19.9 Å². The zero-order chi connectivity index (χ0) is 16.9. The van der Waals surface area contributed by atoms with Gasteiger partial charge in [0.15, 0.2) is 5.78 Å². The fourth-order valence-corrected chi connectivity index (χ4v) is 1.95. The Morgan fingerprint density at radius 3 is 1.64 bits per heavy atom. The van der Waals surface area contributed by atoms with E-state index in [1.54, 1.807) is 13.8 Å². The Bertz CT molecular complexity index is 661. The summed E-state index contributed by atoms with van der Waals surface area (Å²) < 4.78 is 0.